The number of nitrogens with one attached hydrogen (secondary N) is 1. The van der Waals surface area contributed by atoms with Gasteiger partial charge in [-0.25, -0.2) is 0 Å². The SMILES string of the molecule is CCC(C)(C)C(NC)c1c(OC)cccc1OC. The molecule has 1 N–H and O–H groups in total. The highest BCUT2D eigenvalue weighted by molar-refractivity contribution is 5.47. The standard InChI is InChI=1S/C15H25NO2/c1-7-15(2,3)14(16-4)13-11(17-5)9-8-10-12(13)18-6/h8-10,14,16H,7H2,1-6H3. The Kier molecular flexibility index (Phi) is 5.03. The molecule has 0 aliphatic carbocycles. The molecule has 1 unspecified atom stereocenters. The second-order valence-electron chi connectivity index (χ2n) is 5.14. The molecule has 1 rings (SSSR count). The predicted octanol–water partition coefficient (Wildman–Crippen LogP) is 3.40. The molecule has 0 aliphatic rings. The lowest BCUT2D eigenvalue weighted by Crippen LogP contribution is -2.32. The van der Waals surface area contributed by atoms with Crippen molar-refractivity contribution in [2.24, 2.45) is 5.41 Å². The first-order valence-corrected chi connectivity index (χ1v) is 6.40. The monoisotopic (exact) mass is 251 g/mol. The van der Waals surface area contributed by atoms with Gasteiger partial charge in [-0.3, -0.25) is 0 Å². The lowest BCUT2D eigenvalue weighted by atomic mass is 9.78. The predicted molar refractivity (Wildman–Crippen MR) is 75.4 cm³/mol. The average Bonchev–Trinajstić information content (AvgIpc) is 2.39. The second kappa shape index (κ2) is 6.10. The van der Waals surface area contributed by atoms with Gasteiger partial charge in [-0.2, -0.15) is 0 Å². The number of rotatable bonds is 6. The summed E-state index contributed by atoms with van der Waals surface area (Å²) in [7, 11) is 5.38. The molecule has 0 aromatic heterocycles. The largest absolute Gasteiger partial charge is 0.496 e. The third-order valence-electron chi connectivity index (χ3n) is 3.74. The van der Waals surface area contributed by atoms with E-state index in [1.807, 2.05) is 25.2 Å². The minimum Gasteiger partial charge on any atom is -0.496 e. The number of ether oxygens (including phenoxy) is 2. The minimum atomic E-state index is 0.122. The fraction of sp³-hybridized carbons (Fsp3) is 0.600. The van der Waals surface area contributed by atoms with Gasteiger partial charge in [-0.15, -0.1) is 0 Å². The molecule has 1 atom stereocenters. The van der Waals surface area contributed by atoms with Gasteiger partial charge in [0.15, 0.2) is 0 Å². The van der Waals surface area contributed by atoms with Crippen LogP contribution in [0.25, 0.3) is 0 Å². The molecular weight excluding hydrogens is 226 g/mol. The number of methoxy groups -OCH3 is 2. The molecule has 18 heavy (non-hydrogen) atoms. The van der Waals surface area contributed by atoms with E-state index in [0.29, 0.717) is 0 Å². The molecule has 0 amide bonds. The van der Waals surface area contributed by atoms with Crippen LogP contribution in [-0.4, -0.2) is 21.3 Å². The lowest BCUT2D eigenvalue weighted by molar-refractivity contribution is 0.233. The zero-order valence-electron chi connectivity index (χ0n) is 12.3. The quantitative estimate of drug-likeness (QED) is 0.840. The zero-order chi connectivity index (χ0) is 13.8. The van der Waals surface area contributed by atoms with E-state index in [0.717, 1.165) is 23.5 Å². The summed E-state index contributed by atoms with van der Waals surface area (Å²) < 4.78 is 11.0. The summed E-state index contributed by atoms with van der Waals surface area (Å²) in [5, 5.41) is 3.40. The summed E-state index contributed by atoms with van der Waals surface area (Å²) in [5.74, 6) is 1.74. The fourth-order valence-corrected chi connectivity index (χ4v) is 2.29. The maximum Gasteiger partial charge on any atom is 0.127 e. The molecular formula is C15H25NO2. The van der Waals surface area contributed by atoms with Crippen molar-refractivity contribution in [2.75, 3.05) is 21.3 Å². The summed E-state index contributed by atoms with van der Waals surface area (Å²) in [6.07, 6.45) is 1.07. The average molecular weight is 251 g/mol. The van der Waals surface area contributed by atoms with Gasteiger partial charge >= 0.3 is 0 Å². The summed E-state index contributed by atoms with van der Waals surface area (Å²) in [6, 6.07) is 6.10. The minimum absolute atomic E-state index is 0.122. The third kappa shape index (κ3) is 2.78. The highest BCUT2D eigenvalue weighted by Crippen LogP contribution is 2.43. The Balaban J connectivity index is 3.35. The maximum atomic E-state index is 5.49. The molecule has 1 aromatic rings. The highest BCUT2D eigenvalue weighted by Gasteiger charge is 2.32. The van der Waals surface area contributed by atoms with Crippen LogP contribution in [0, 0.1) is 5.41 Å². The third-order valence-corrected chi connectivity index (χ3v) is 3.74. The van der Waals surface area contributed by atoms with Crippen LogP contribution in [-0.2, 0) is 0 Å². The fourth-order valence-electron chi connectivity index (χ4n) is 2.29. The molecule has 0 aliphatic heterocycles. The highest BCUT2D eigenvalue weighted by atomic mass is 16.5. The molecule has 0 saturated heterocycles. The van der Waals surface area contributed by atoms with Gasteiger partial charge in [0.25, 0.3) is 0 Å². The first kappa shape index (κ1) is 14.8. The van der Waals surface area contributed by atoms with Gasteiger partial charge in [0.1, 0.15) is 11.5 Å². The summed E-state index contributed by atoms with van der Waals surface area (Å²) in [5.41, 5.74) is 1.22. The van der Waals surface area contributed by atoms with Crippen LogP contribution in [0.4, 0.5) is 0 Å². The van der Waals surface area contributed by atoms with Crippen LogP contribution >= 0.6 is 0 Å². The molecule has 102 valence electrons. The van der Waals surface area contributed by atoms with Gasteiger partial charge in [0, 0.05) is 6.04 Å². The van der Waals surface area contributed by atoms with E-state index in [-0.39, 0.29) is 11.5 Å². The van der Waals surface area contributed by atoms with Crippen molar-refractivity contribution < 1.29 is 9.47 Å². The van der Waals surface area contributed by atoms with Crippen molar-refractivity contribution >= 4 is 0 Å². The molecule has 0 heterocycles. The van der Waals surface area contributed by atoms with E-state index in [2.05, 4.69) is 26.1 Å². The van der Waals surface area contributed by atoms with Gasteiger partial charge in [-0.05, 0) is 31.0 Å². The maximum absolute atomic E-state index is 5.49. The summed E-state index contributed by atoms with van der Waals surface area (Å²) in [6.45, 7) is 6.70. The van der Waals surface area contributed by atoms with Gasteiger partial charge in [0.2, 0.25) is 0 Å². The molecule has 0 fully saturated rings. The van der Waals surface area contributed by atoms with E-state index in [4.69, 9.17) is 9.47 Å². The second-order valence-corrected chi connectivity index (χ2v) is 5.14. The summed E-state index contributed by atoms with van der Waals surface area (Å²) >= 11 is 0. The van der Waals surface area contributed by atoms with Crippen molar-refractivity contribution in [1.82, 2.24) is 5.32 Å². The van der Waals surface area contributed by atoms with Crippen molar-refractivity contribution in [3.8, 4) is 11.5 Å². The van der Waals surface area contributed by atoms with Crippen molar-refractivity contribution in [1.29, 1.82) is 0 Å². The molecule has 0 bridgehead atoms. The Morgan fingerprint density at radius 1 is 1.17 bits per heavy atom. The molecule has 0 radical (unpaired) electrons. The molecule has 3 heteroatoms. The molecule has 0 spiro atoms. The Morgan fingerprint density at radius 2 is 1.67 bits per heavy atom. The van der Waals surface area contributed by atoms with Crippen LogP contribution < -0.4 is 14.8 Å². The van der Waals surface area contributed by atoms with Crippen molar-refractivity contribution in [3.05, 3.63) is 23.8 Å². The van der Waals surface area contributed by atoms with Crippen LogP contribution in [0.15, 0.2) is 18.2 Å². The number of hydrogen-bond acceptors (Lipinski definition) is 3. The number of hydrogen-bond donors (Lipinski definition) is 1. The van der Waals surface area contributed by atoms with Crippen LogP contribution in [0.3, 0.4) is 0 Å². The lowest BCUT2D eigenvalue weighted by Gasteiger charge is -2.35. The van der Waals surface area contributed by atoms with Crippen molar-refractivity contribution in [2.45, 2.75) is 33.2 Å². The van der Waals surface area contributed by atoms with Crippen LogP contribution in [0.1, 0.15) is 38.8 Å². The van der Waals surface area contributed by atoms with E-state index in [1.165, 1.54) is 0 Å². The molecule has 0 saturated carbocycles. The van der Waals surface area contributed by atoms with Crippen LogP contribution in [0.5, 0.6) is 11.5 Å². The van der Waals surface area contributed by atoms with E-state index >= 15 is 0 Å². The smallest absolute Gasteiger partial charge is 0.127 e. The zero-order valence-corrected chi connectivity index (χ0v) is 12.3. The number of benzene rings is 1. The first-order chi connectivity index (χ1) is 8.51. The molecule has 1 aromatic carbocycles. The first-order valence-electron chi connectivity index (χ1n) is 6.40. The van der Waals surface area contributed by atoms with Crippen LogP contribution in [0.2, 0.25) is 0 Å². The molecule has 3 nitrogen and oxygen atoms in total. The topological polar surface area (TPSA) is 30.5 Å². The Morgan fingerprint density at radius 3 is 2.00 bits per heavy atom. The normalized spacial score (nSPS) is 13.2. The van der Waals surface area contributed by atoms with E-state index in [9.17, 15) is 0 Å². The van der Waals surface area contributed by atoms with Gasteiger partial charge in [0.05, 0.1) is 19.8 Å². The van der Waals surface area contributed by atoms with E-state index in [1.54, 1.807) is 14.2 Å². The van der Waals surface area contributed by atoms with E-state index < -0.39 is 0 Å². The Bertz CT molecular complexity index is 366. The Labute approximate surface area is 110 Å². The van der Waals surface area contributed by atoms with Crippen molar-refractivity contribution in [3.63, 3.8) is 0 Å². The van der Waals surface area contributed by atoms with Gasteiger partial charge < -0.3 is 14.8 Å². The summed E-state index contributed by atoms with van der Waals surface area (Å²) in [4.78, 5) is 0. The Hall–Kier alpha value is -1.22. The van der Waals surface area contributed by atoms with Gasteiger partial charge in [-0.1, -0.05) is 26.8 Å².